The minimum absolute atomic E-state index is 0.0577. The third-order valence-corrected chi connectivity index (χ3v) is 17.2. The van der Waals surface area contributed by atoms with E-state index in [-0.39, 0.29) is 50.6 Å². The van der Waals surface area contributed by atoms with Gasteiger partial charge in [-0.15, -0.1) is 22.7 Å². The number of nitro groups is 2. The standard InChI is InChI=1S/C30H32N6O8S2.C23H29N5O4S2.C7H4ClNO4/c1-17(2)43-28(37)34-20-13-18(3)26(31-15-20)27-32-16-24(45-27)23-12-7-19(14-25(23)46(41,42)35-30(4,5)6)33-29(38)44-22-10-8-21(9-11-22)36(39)40;1-13(2)32-22(29)27-16-9-14(3)20(25-11-16)21-26-12-18(33-21)17-8-7-15(24)10-19(17)34(30,31)28-23(4,5)6;8-7(10)13-6-3-1-5(2-4-6)9(11)12/h7-17,35H,1-6H3,(H,33,38)(H,34,37);7-13,28H,24H2,1-6H3,(H,27,29);1-4H. The highest BCUT2D eigenvalue weighted by Crippen LogP contribution is 2.40. The van der Waals surface area contributed by atoms with E-state index < -0.39 is 64.7 Å². The molecule has 0 bridgehead atoms. The number of hydrogen-bond donors (Lipinski definition) is 6. The van der Waals surface area contributed by atoms with Crippen LogP contribution in [0.4, 0.5) is 53.3 Å². The Morgan fingerprint density at radius 3 is 1.30 bits per heavy atom. The Morgan fingerprint density at radius 1 is 0.538 bits per heavy atom. The molecule has 7 N–H and O–H groups in total. The number of carbonyl (C=O) groups is 4. The van der Waals surface area contributed by atoms with E-state index in [4.69, 9.17) is 31.5 Å². The third kappa shape index (κ3) is 21.8. The van der Waals surface area contributed by atoms with E-state index >= 15 is 0 Å². The molecule has 0 fully saturated rings. The summed E-state index contributed by atoms with van der Waals surface area (Å²) < 4.78 is 78.5. The summed E-state index contributed by atoms with van der Waals surface area (Å²) in [5, 5.41) is 30.0. The van der Waals surface area contributed by atoms with Gasteiger partial charge in [-0.05, 0) is 155 Å². The smallest absolute Gasteiger partial charge is 0.417 e. The number of nitrogens with one attached hydrogen (secondary N) is 5. The maximum absolute atomic E-state index is 13.6. The lowest BCUT2D eigenvalue weighted by Gasteiger charge is -2.22. The van der Waals surface area contributed by atoms with Crippen molar-refractivity contribution >= 4 is 112 Å². The van der Waals surface area contributed by atoms with Crippen molar-refractivity contribution in [1.29, 1.82) is 0 Å². The second kappa shape index (κ2) is 30.7. The summed E-state index contributed by atoms with van der Waals surface area (Å²) in [6.45, 7) is 21.1. The number of ether oxygens (including phenoxy) is 4. The summed E-state index contributed by atoms with van der Waals surface area (Å²) in [6.07, 6.45) is 3.56. The molecule has 0 atom stereocenters. The summed E-state index contributed by atoms with van der Waals surface area (Å²) in [6, 6.07) is 22.6. The number of nitro benzene ring substituents is 2. The van der Waals surface area contributed by atoms with Crippen LogP contribution in [0.5, 0.6) is 11.5 Å². The lowest BCUT2D eigenvalue weighted by atomic mass is 10.1. The van der Waals surface area contributed by atoms with Gasteiger partial charge in [-0.25, -0.2) is 55.4 Å². The van der Waals surface area contributed by atoms with Crippen molar-refractivity contribution in [3.05, 3.63) is 153 Å². The zero-order valence-corrected chi connectivity index (χ0v) is 56.0. The number of amides is 3. The van der Waals surface area contributed by atoms with Crippen molar-refractivity contribution in [2.75, 3.05) is 21.7 Å². The van der Waals surface area contributed by atoms with Gasteiger partial charge < -0.3 is 24.7 Å². The van der Waals surface area contributed by atoms with Gasteiger partial charge in [0.25, 0.3) is 11.4 Å². The Kier molecular flexibility index (Phi) is 23.9. The third-order valence-electron chi connectivity index (χ3n) is 11.5. The molecule has 0 aliphatic rings. The van der Waals surface area contributed by atoms with E-state index in [1.54, 1.807) is 106 Å². The summed E-state index contributed by atoms with van der Waals surface area (Å²) >= 11 is 7.45. The van der Waals surface area contributed by atoms with Crippen molar-refractivity contribution in [3.63, 3.8) is 0 Å². The number of aryl methyl sites for hydroxylation is 2. The number of halogens is 1. The van der Waals surface area contributed by atoms with Crippen LogP contribution in [0.2, 0.25) is 0 Å². The van der Waals surface area contributed by atoms with Crippen LogP contribution in [-0.2, 0) is 29.5 Å². The predicted molar refractivity (Wildman–Crippen MR) is 354 cm³/mol. The fourth-order valence-electron chi connectivity index (χ4n) is 7.99. The number of non-ortho nitro benzene ring substituents is 2. The Labute approximate surface area is 548 Å². The van der Waals surface area contributed by atoms with E-state index in [0.717, 1.165) is 11.1 Å². The van der Waals surface area contributed by atoms with Gasteiger partial charge in [0.05, 0.1) is 65.4 Å². The Balaban J connectivity index is 0.000000254. The van der Waals surface area contributed by atoms with E-state index in [2.05, 4.69) is 50.1 Å². The van der Waals surface area contributed by atoms with Gasteiger partial charge in [-0.3, -0.25) is 46.1 Å². The van der Waals surface area contributed by atoms with E-state index in [1.165, 1.54) is 108 Å². The molecule has 93 heavy (non-hydrogen) atoms. The van der Waals surface area contributed by atoms with E-state index in [1.807, 2.05) is 13.8 Å². The largest absolute Gasteiger partial charge is 0.447 e. The fourth-order valence-corrected chi connectivity index (χ4v) is 13.6. The highest BCUT2D eigenvalue weighted by Gasteiger charge is 2.29. The molecular weight excluding hydrogens is 1310 g/mol. The van der Waals surface area contributed by atoms with Gasteiger partial charge in [0.2, 0.25) is 20.0 Å². The van der Waals surface area contributed by atoms with E-state index in [0.29, 0.717) is 59.3 Å². The SMILES string of the molecule is Cc1cc(NC(=O)OC(C)C)cnc1-c1ncc(-c2ccc(N)cc2S(=O)(=O)NC(C)(C)C)s1.Cc1cc(NC(=O)OC(C)C)cnc1-c1ncc(-c2ccc(NC(=O)Oc3ccc([N+](=O)[O-])cc3)cc2S(=O)(=O)NC(C)(C)C)s1.O=C(Cl)Oc1ccc([N+](=O)[O-])cc1. The Hall–Kier alpha value is -9.57. The van der Waals surface area contributed by atoms with Gasteiger partial charge in [0, 0.05) is 81.8 Å². The van der Waals surface area contributed by atoms with Crippen LogP contribution in [0.15, 0.2) is 132 Å². The molecule has 8 aromatic rings. The number of aromatic nitrogens is 4. The highest BCUT2D eigenvalue weighted by molar-refractivity contribution is 7.90. The summed E-state index contributed by atoms with van der Waals surface area (Å²) in [5.41, 5.74) is 8.17. The first-order valence-corrected chi connectivity index (χ1v) is 32.6. The lowest BCUT2D eigenvalue weighted by Crippen LogP contribution is -2.40. The monoisotopic (exact) mass is 1370 g/mol. The predicted octanol–water partition coefficient (Wildman–Crippen LogP) is 13.9. The normalized spacial score (nSPS) is 11.5. The molecule has 3 amide bonds. The first-order chi connectivity index (χ1) is 43.3. The van der Waals surface area contributed by atoms with Gasteiger partial charge in [0.1, 0.15) is 32.9 Å². The van der Waals surface area contributed by atoms with Crippen LogP contribution in [0.3, 0.4) is 0 Å². The molecule has 0 unspecified atom stereocenters. The number of benzene rings is 4. The fraction of sp³-hybridized carbons (Fsp3) is 0.267. The summed E-state index contributed by atoms with van der Waals surface area (Å²) in [7, 11) is -7.94. The van der Waals surface area contributed by atoms with Crippen LogP contribution in [-0.4, -0.2) is 93.6 Å². The number of hydrogen-bond acceptors (Lipinski definition) is 23. The van der Waals surface area contributed by atoms with Crippen molar-refractivity contribution < 1.29 is 64.8 Å². The number of nitrogens with two attached hydrogens (primary N) is 1. The number of nitrogens with zero attached hydrogens (tertiary/aromatic N) is 6. The van der Waals surface area contributed by atoms with Gasteiger partial charge in [-0.2, -0.15) is 0 Å². The molecule has 0 aliphatic carbocycles. The molecule has 0 saturated heterocycles. The Morgan fingerprint density at radius 2 is 0.925 bits per heavy atom. The number of rotatable bonds is 17. The van der Waals surface area contributed by atoms with Crippen LogP contribution in [0, 0.1) is 34.1 Å². The maximum atomic E-state index is 13.6. The number of nitrogen functional groups attached to an aromatic ring is 1. The number of pyridine rings is 2. The minimum Gasteiger partial charge on any atom is -0.447 e. The van der Waals surface area contributed by atoms with Gasteiger partial charge >= 0.3 is 23.7 Å². The second-order valence-corrected chi connectivity index (χ2v) is 28.2. The molecule has 4 aromatic carbocycles. The summed E-state index contributed by atoms with van der Waals surface area (Å²) in [5.74, 6) is 0.230. The number of sulfonamides is 2. The average molecular weight is 1370 g/mol. The zero-order valence-electron chi connectivity index (χ0n) is 52.0. The maximum Gasteiger partial charge on any atom is 0.417 e. The van der Waals surface area contributed by atoms with Crippen molar-refractivity contribution in [1.82, 2.24) is 29.4 Å². The number of anilines is 4. The molecule has 4 aromatic heterocycles. The molecule has 33 heteroatoms. The van der Waals surface area contributed by atoms with E-state index in [9.17, 15) is 56.2 Å². The van der Waals surface area contributed by atoms with Gasteiger partial charge in [0.15, 0.2) is 0 Å². The topological polar surface area (TPSA) is 397 Å². The summed E-state index contributed by atoms with van der Waals surface area (Å²) in [4.78, 5) is 85.6. The second-order valence-electron chi connectivity index (χ2n) is 22.5. The van der Waals surface area contributed by atoms with Crippen molar-refractivity contribution in [3.8, 4) is 53.8 Å². The molecule has 492 valence electrons. The van der Waals surface area contributed by atoms with Crippen LogP contribution < -0.4 is 40.6 Å². The molecule has 0 aliphatic heterocycles. The van der Waals surface area contributed by atoms with Crippen molar-refractivity contribution in [2.45, 2.75) is 116 Å². The molecule has 0 spiro atoms. The first kappa shape index (κ1) is 72.5. The molecule has 28 nitrogen and oxygen atoms in total. The van der Waals surface area contributed by atoms with Crippen LogP contribution in [0.25, 0.3) is 42.3 Å². The zero-order chi connectivity index (χ0) is 68.9. The molecule has 4 heterocycles. The van der Waals surface area contributed by atoms with Crippen LogP contribution in [0.1, 0.15) is 80.4 Å². The quantitative estimate of drug-likeness (QED) is 0.0213. The molecule has 0 radical (unpaired) electrons. The number of carbonyl (C=O) groups excluding carboxylic acids is 4. The van der Waals surface area contributed by atoms with Gasteiger partial charge in [-0.1, -0.05) is 12.1 Å². The minimum atomic E-state index is -4.11. The van der Waals surface area contributed by atoms with Crippen molar-refractivity contribution in [2.24, 2.45) is 0 Å². The van der Waals surface area contributed by atoms with Crippen LogP contribution >= 0.6 is 34.3 Å². The highest BCUT2D eigenvalue weighted by atomic mass is 35.5. The number of thiazole rings is 2. The molecule has 0 saturated carbocycles. The first-order valence-electron chi connectivity index (χ1n) is 27.6. The average Bonchev–Trinajstić information content (AvgIpc) is 1.80. The Bertz CT molecular complexity index is 4310. The molecular formula is C60H65ClN12O16S4. The molecule has 8 rings (SSSR count). The lowest BCUT2D eigenvalue weighted by molar-refractivity contribution is -0.385.